The van der Waals surface area contributed by atoms with Crippen molar-refractivity contribution in [2.45, 2.75) is 6.54 Å². The summed E-state index contributed by atoms with van der Waals surface area (Å²) in [6, 6.07) is 23.1. The van der Waals surface area contributed by atoms with Crippen molar-refractivity contribution in [3.8, 4) is 11.5 Å². The lowest BCUT2D eigenvalue weighted by Crippen LogP contribution is -2.39. The maximum Gasteiger partial charge on any atom is 0.315 e. The van der Waals surface area contributed by atoms with E-state index in [0.29, 0.717) is 28.8 Å². The van der Waals surface area contributed by atoms with Gasteiger partial charge in [-0.25, -0.2) is 4.79 Å². The molecule has 0 saturated heterocycles. The molecule has 3 amide bonds. The minimum Gasteiger partial charge on any atom is -0.454 e. The predicted molar refractivity (Wildman–Crippen MR) is 113 cm³/mol. The summed E-state index contributed by atoms with van der Waals surface area (Å²) in [4.78, 5) is 24.1. The van der Waals surface area contributed by atoms with Crippen molar-refractivity contribution in [3.05, 3.63) is 89.4 Å². The third kappa shape index (κ3) is 6.26. The summed E-state index contributed by atoms with van der Waals surface area (Å²) in [7, 11) is 0. The summed E-state index contributed by atoms with van der Waals surface area (Å²) < 4.78 is 5.81. The van der Waals surface area contributed by atoms with Crippen molar-refractivity contribution in [2.24, 2.45) is 0 Å². The molecule has 0 heterocycles. The summed E-state index contributed by atoms with van der Waals surface area (Å²) >= 11 is 6.12. The number of carbonyl (C=O) groups is 2. The van der Waals surface area contributed by atoms with Gasteiger partial charge in [-0.15, -0.1) is 0 Å². The molecular formula is C22H20ClN3O3. The fourth-order valence-corrected chi connectivity index (χ4v) is 2.67. The van der Waals surface area contributed by atoms with Gasteiger partial charge in [-0.1, -0.05) is 66.2 Å². The summed E-state index contributed by atoms with van der Waals surface area (Å²) in [6.07, 6.45) is 0. The minimum absolute atomic E-state index is 0.180. The van der Waals surface area contributed by atoms with Crippen LogP contribution in [0.15, 0.2) is 78.9 Å². The van der Waals surface area contributed by atoms with Crippen LogP contribution in [-0.2, 0) is 11.3 Å². The quantitative estimate of drug-likeness (QED) is 0.534. The average molecular weight is 410 g/mol. The fraction of sp³-hybridized carbons (Fsp3) is 0.0909. The van der Waals surface area contributed by atoms with Crippen LogP contribution in [0.5, 0.6) is 11.5 Å². The second-order valence-corrected chi connectivity index (χ2v) is 6.51. The Morgan fingerprint density at radius 1 is 0.793 bits per heavy atom. The van der Waals surface area contributed by atoms with Crippen LogP contribution in [0, 0.1) is 0 Å². The average Bonchev–Trinajstić information content (AvgIpc) is 2.74. The number of amides is 3. The van der Waals surface area contributed by atoms with Crippen LogP contribution < -0.4 is 20.7 Å². The third-order valence-corrected chi connectivity index (χ3v) is 4.24. The maximum atomic E-state index is 12.2. The van der Waals surface area contributed by atoms with E-state index in [9.17, 15) is 9.59 Å². The van der Waals surface area contributed by atoms with Gasteiger partial charge in [-0.3, -0.25) is 4.79 Å². The predicted octanol–water partition coefficient (Wildman–Crippen LogP) is 4.57. The number of benzene rings is 3. The third-order valence-electron chi connectivity index (χ3n) is 3.92. The number of hydrogen-bond donors (Lipinski definition) is 3. The number of urea groups is 1. The van der Waals surface area contributed by atoms with Crippen molar-refractivity contribution < 1.29 is 14.3 Å². The monoisotopic (exact) mass is 409 g/mol. The van der Waals surface area contributed by atoms with E-state index in [-0.39, 0.29) is 12.5 Å². The van der Waals surface area contributed by atoms with Crippen molar-refractivity contribution in [2.75, 3.05) is 11.9 Å². The Morgan fingerprint density at radius 3 is 2.21 bits per heavy atom. The van der Waals surface area contributed by atoms with Gasteiger partial charge in [0.25, 0.3) is 0 Å². The molecule has 0 fully saturated rings. The van der Waals surface area contributed by atoms with Crippen LogP contribution in [0.25, 0.3) is 0 Å². The number of ether oxygens (including phenoxy) is 1. The van der Waals surface area contributed by atoms with Gasteiger partial charge >= 0.3 is 6.03 Å². The highest BCUT2D eigenvalue weighted by Crippen LogP contribution is 2.33. The number of hydrogen-bond acceptors (Lipinski definition) is 3. The highest BCUT2D eigenvalue weighted by Gasteiger charge is 2.11. The molecule has 0 aliphatic carbocycles. The van der Waals surface area contributed by atoms with E-state index in [2.05, 4.69) is 16.0 Å². The van der Waals surface area contributed by atoms with Crippen LogP contribution in [0.3, 0.4) is 0 Å². The van der Waals surface area contributed by atoms with Crippen LogP contribution >= 0.6 is 11.6 Å². The van der Waals surface area contributed by atoms with E-state index in [0.717, 1.165) is 5.56 Å². The maximum absolute atomic E-state index is 12.2. The molecule has 0 bridgehead atoms. The molecule has 29 heavy (non-hydrogen) atoms. The van der Waals surface area contributed by atoms with Gasteiger partial charge in [0.1, 0.15) is 5.75 Å². The molecule has 148 valence electrons. The van der Waals surface area contributed by atoms with Crippen LogP contribution in [0.2, 0.25) is 5.02 Å². The van der Waals surface area contributed by atoms with Crippen molar-refractivity contribution in [1.82, 2.24) is 10.6 Å². The number of anilines is 1. The van der Waals surface area contributed by atoms with E-state index < -0.39 is 6.03 Å². The molecule has 6 nitrogen and oxygen atoms in total. The van der Waals surface area contributed by atoms with Crippen LogP contribution in [0.1, 0.15) is 5.56 Å². The normalized spacial score (nSPS) is 10.1. The van der Waals surface area contributed by atoms with Gasteiger partial charge in [0.15, 0.2) is 5.75 Å². The van der Waals surface area contributed by atoms with Gasteiger partial charge in [0.2, 0.25) is 5.91 Å². The molecule has 3 aromatic rings. The van der Waals surface area contributed by atoms with Crippen molar-refractivity contribution >= 4 is 29.2 Å². The van der Waals surface area contributed by atoms with Gasteiger partial charge in [-0.05, 0) is 29.8 Å². The second kappa shape index (κ2) is 10.1. The number of rotatable bonds is 7. The molecule has 0 saturated carbocycles. The second-order valence-electron chi connectivity index (χ2n) is 6.10. The summed E-state index contributed by atoms with van der Waals surface area (Å²) in [5.41, 5.74) is 1.45. The Balaban J connectivity index is 1.51. The molecule has 0 spiro atoms. The van der Waals surface area contributed by atoms with E-state index in [1.807, 2.05) is 30.3 Å². The summed E-state index contributed by atoms with van der Waals surface area (Å²) in [6.45, 7) is 0.198. The fourth-order valence-electron chi connectivity index (χ4n) is 2.50. The van der Waals surface area contributed by atoms with Crippen molar-refractivity contribution in [3.63, 3.8) is 0 Å². The first kappa shape index (κ1) is 20.2. The zero-order valence-electron chi connectivity index (χ0n) is 15.5. The molecule has 0 atom stereocenters. The number of halogens is 1. The zero-order valence-corrected chi connectivity index (χ0v) is 16.3. The van der Waals surface area contributed by atoms with Gasteiger partial charge < -0.3 is 20.7 Å². The first-order valence-corrected chi connectivity index (χ1v) is 9.36. The van der Waals surface area contributed by atoms with E-state index >= 15 is 0 Å². The first-order chi connectivity index (χ1) is 14.1. The van der Waals surface area contributed by atoms with Crippen LogP contribution in [0.4, 0.5) is 10.5 Å². The van der Waals surface area contributed by atoms with Gasteiger partial charge in [-0.2, -0.15) is 0 Å². The van der Waals surface area contributed by atoms with E-state index in [4.69, 9.17) is 16.3 Å². The Morgan fingerprint density at radius 2 is 1.45 bits per heavy atom. The summed E-state index contributed by atoms with van der Waals surface area (Å²) in [5, 5.41) is 8.42. The van der Waals surface area contributed by atoms with Gasteiger partial charge in [0.05, 0.1) is 17.3 Å². The minimum atomic E-state index is -0.426. The number of para-hydroxylation sites is 3. The molecule has 7 heteroatoms. The molecular weight excluding hydrogens is 390 g/mol. The lowest BCUT2D eigenvalue weighted by molar-refractivity contribution is -0.115. The Labute approximate surface area is 173 Å². The Hall–Kier alpha value is -3.51. The SMILES string of the molecule is O=C(CNC(=O)NCc1ccccc1)Nc1ccccc1Oc1ccccc1Cl. The molecule has 3 aromatic carbocycles. The van der Waals surface area contributed by atoms with E-state index in [1.165, 1.54) is 0 Å². The number of carbonyl (C=O) groups excluding carboxylic acids is 2. The highest BCUT2D eigenvalue weighted by atomic mass is 35.5. The smallest absolute Gasteiger partial charge is 0.315 e. The molecule has 0 aliphatic rings. The highest BCUT2D eigenvalue weighted by molar-refractivity contribution is 6.32. The molecule has 0 aliphatic heterocycles. The van der Waals surface area contributed by atoms with Gasteiger partial charge in [0, 0.05) is 6.54 Å². The molecule has 0 aromatic heterocycles. The Bertz CT molecular complexity index is 980. The molecule has 0 radical (unpaired) electrons. The molecule has 0 unspecified atom stereocenters. The summed E-state index contributed by atoms with van der Waals surface area (Å²) in [5.74, 6) is 0.548. The van der Waals surface area contributed by atoms with E-state index in [1.54, 1.807) is 48.5 Å². The molecule has 3 rings (SSSR count). The van der Waals surface area contributed by atoms with Crippen molar-refractivity contribution in [1.29, 1.82) is 0 Å². The largest absolute Gasteiger partial charge is 0.454 e. The lowest BCUT2D eigenvalue weighted by Gasteiger charge is -2.13. The molecule has 3 N–H and O–H groups in total. The first-order valence-electron chi connectivity index (χ1n) is 8.99. The number of nitrogens with one attached hydrogen (secondary N) is 3. The lowest BCUT2D eigenvalue weighted by atomic mass is 10.2. The topological polar surface area (TPSA) is 79.5 Å². The standard InChI is InChI=1S/C22H20ClN3O3/c23-17-10-4-6-12-19(17)29-20-13-7-5-11-18(20)26-21(27)15-25-22(28)24-14-16-8-2-1-3-9-16/h1-13H,14-15H2,(H,26,27)(H2,24,25,28). The zero-order chi connectivity index (χ0) is 20.5. The Kier molecular flexibility index (Phi) is 7.08. The van der Waals surface area contributed by atoms with Crippen LogP contribution in [-0.4, -0.2) is 18.5 Å².